The van der Waals surface area contributed by atoms with Crippen LogP contribution >= 0.6 is 0 Å². The lowest BCUT2D eigenvalue weighted by atomic mass is 9.92. The number of aromatic nitrogens is 2. The topological polar surface area (TPSA) is 132 Å². The summed E-state index contributed by atoms with van der Waals surface area (Å²) in [6, 6.07) is 6.98. The molecule has 2 aromatic rings. The number of anilines is 4. The molecule has 0 spiro atoms. The normalized spacial score (nSPS) is 18.6. The van der Waals surface area contributed by atoms with Crippen LogP contribution in [0, 0.1) is 0 Å². The molecule has 0 radical (unpaired) electrons. The van der Waals surface area contributed by atoms with Crippen molar-refractivity contribution in [2.75, 3.05) is 54.7 Å². The molecular weight excluding hydrogens is 376 g/mol. The van der Waals surface area contributed by atoms with Gasteiger partial charge < -0.3 is 30.7 Å². The number of ether oxygens (including phenoxy) is 2. The first kappa shape index (κ1) is 18.9. The van der Waals surface area contributed by atoms with Crippen molar-refractivity contribution in [3.8, 4) is 5.75 Å². The molecule has 1 saturated heterocycles. The maximum absolute atomic E-state index is 12.9. The molecule has 152 valence electrons. The molecule has 1 fully saturated rings. The third kappa shape index (κ3) is 3.92. The SMILES string of the molecule is COc1cccc(NC(=O)[C@@H]2CC(=O)Nc3nc(N4CCOCC4)nc(N)c32)c1. The number of nitrogen functional groups attached to an aromatic ring is 1. The highest BCUT2D eigenvalue weighted by Gasteiger charge is 2.35. The van der Waals surface area contributed by atoms with E-state index in [1.54, 1.807) is 31.4 Å². The zero-order valence-electron chi connectivity index (χ0n) is 16.0. The summed E-state index contributed by atoms with van der Waals surface area (Å²) >= 11 is 0. The standard InChI is InChI=1S/C19H22N6O4/c1-28-12-4-2-3-11(9-12)21-18(27)13-10-14(26)22-17-15(13)16(20)23-19(24-17)25-5-7-29-8-6-25/h2-4,9,13H,5-8,10H2,1H3,(H,21,27)(H3,20,22,23,24,26)/t13-/m1/s1. The number of hydrogen-bond acceptors (Lipinski definition) is 8. The number of nitrogens with two attached hydrogens (primary N) is 1. The Balaban J connectivity index is 1.62. The molecule has 0 unspecified atom stereocenters. The molecule has 10 heteroatoms. The van der Waals surface area contributed by atoms with Gasteiger partial charge in [-0.2, -0.15) is 9.97 Å². The second-order valence-corrected chi connectivity index (χ2v) is 6.80. The largest absolute Gasteiger partial charge is 0.497 e. The lowest BCUT2D eigenvalue weighted by Gasteiger charge is -2.30. The number of hydrogen-bond donors (Lipinski definition) is 3. The third-order valence-electron chi connectivity index (χ3n) is 4.91. The van der Waals surface area contributed by atoms with Crippen molar-refractivity contribution in [3.63, 3.8) is 0 Å². The van der Waals surface area contributed by atoms with Crippen LogP contribution in [0.2, 0.25) is 0 Å². The molecule has 29 heavy (non-hydrogen) atoms. The number of morpholine rings is 1. The van der Waals surface area contributed by atoms with E-state index in [1.165, 1.54) is 0 Å². The Morgan fingerprint density at radius 2 is 2.14 bits per heavy atom. The highest BCUT2D eigenvalue weighted by atomic mass is 16.5. The number of benzene rings is 1. The van der Waals surface area contributed by atoms with E-state index in [-0.39, 0.29) is 29.9 Å². The summed E-state index contributed by atoms with van der Waals surface area (Å²) in [6.07, 6.45) is -0.0345. The molecule has 2 aliphatic rings. The Labute approximate surface area is 167 Å². The zero-order valence-corrected chi connectivity index (χ0v) is 16.0. The van der Waals surface area contributed by atoms with Crippen molar-refractivity contribution in [3.05, 3.63) is 29.8 Å². The van der Waals surface area contributed by atoms with Crippen molar-refractivity contribution in [2.24, 2.45) is 0 Å². The second kappa shape index (κ2) is 7.92. The number of amides is 2. The first-order valence-corrected chi connectivity index (χ1v) is 9.30. The van der Waals surface area contributed by atoms with Gasteiger partial charge in [0, 0.05) is 31.3 Å². The van der Waals surface area contributed by atoms with E-state index < -0.39 is 5.92 Å². The molecule has 0 aliphatic carbocycles. The minimum Gasteiger partial charge on any atom is -0.497 e. The fraction of sp³-hybridized carbons (Fsp3) is 0.368. The number of nitrogens with one attached hydrogen (secondary N) is 2. The maximum atomic E-state index is 12.9. The monoisotopic (exact) mass is 398 g/mol. The van der Waals surface area contributed by atoms with Gasteiger partial charge in [0.05, 0.1) is 31.8 Å². The van der Waals surface area contributed by atoms with Crippen LogP contribution in [0.15, 0.2) is 24.3 Å². The zero-order chi connectivity index (χ0) is 20.4. The van der Waals surface area contributed by atoms with Gasteiger partial charge in [0.15, 0.2) is 0 Å². The summed E-state index contributed by atoms with van der Waals surface area (Å²) in [5.41, 5.74) is 7.19. The van der Waals surface area contributed by atoms with Gasteiger partial charge in [0.25, 0.3) is 0 Å². The van der Waals surface area contributed by atoms with Crippen molar-refractivity contribution < 1.29 is 19.1 Å². The first-order chi connectivity index (χ1) is 14.0. The van der Waals surface area contributed by atoms with Gasteiger partial charge in [0.2, 0.25) is 17.8 Å². The van der Waals surface area contributed by atoms with E-state index >= 15 is 0 Å². The highest BCUT2D eigenvalue weighted by Crippen LogP contribution is 2.36. The fourth-order valence-electron chi connectivity index (χ4n) is 3.44. The van der Waals surface area contributed by atoms with Gasteiger partial charge in [0.1, 0.15) is 17.4 Å². The molecule has 4 N–H and O–H groups in total. The molecule has 0 saturated carbocycles. The molecule has 1 aromatic heterocycles. The van der Waals surface area contributed by atoms with Gasteiger partial charge in [-0.25, -0.2) is 0 Å². The van der Waals surface area contributed by atoms with Crippen LogP contribution in [0.3, 0.4) is 0 Å². The molecule has 1 aromatic carbocycles. The fourth-order valence-corrected chi connectivity index (χ4v) is 3.44. The predicted molar refractivity (Wildman–Crippen MR) is 107 cm³/mol. The highest BCUT2D eigenvalue weighted by molar-refractivity contribution is 6.05. The summed E-state index contributed by atoms with van der Waals surface area (Å²) in [4.78, 5) is 36.0. The molecule has 1 atom stereocenters. The average Bonchev–Trinajstić information content (AvgIpc) is 2.73. The Hall–Kier alpha value is -3.40. The predicted octanol–water partition coefficient (Wildman–Crippen LogP) is 0.968. The lowest BCUT2D eigenvalue weighted by molar-refractivity contribution is -0.123. The lowest BCUT2D eigenvalue weighted by Crippen LogP contribution is -2.38. The van der Waals surface area contributed by atoms with Crippen LogP contribution in [-0.2, 0) is 14.3 Å². The van der Waals surface area contributed by atoms with Crippen LogP contribution in [0.25, 0.3) is 0 Å². The number of carbonyl (C=O) groups is 2. The third-order valence-corrected chi connectivity index (χ3v) is 4.91. The summed E-state index contributed by atoms with van der Waals surface area (Å²) in [5, 5.41) is 5.54. The number of carbonyl (C=O) groups excluding carboxylic acids is 2. The van der Waals surface area contributed by atoms with Gasteiger partial charge in [-0.15, -0.1) is 0 Å². The van der Waals surface area contributed by atoms with Crippen molar-refractivity contribution in [1.82, 2.24) is 9.97 Å². The number of rotatable bonds is 4. The van der Waals surface area contributed by atoms with Gasteiger partial charge in [-0.05, 0) is 12.1 Å². The molecule has 2 amide bonds. The average molecular weight is 398 g/mol. The Bertz CT molecular complexity index is 944. The van der Waals surface area contributed by atoms with Gasteiger partial charge in [-0.1, -0.05) is 6.07 Å². The second-order valence-electron chi connectivity index (χ2n) is 6.80. The Kier molecular flexibility index (Phi) is 5.17. The molecule has 0 bridgehead atoms. The van der Waals surface area contributed by atoms with Gasteiger partial charge in [-0.3, -0.25) is 9.59 Å². The summed E-state index contributed by atoms with van der Waals surface area (Å²) in [5.74, 6) is 0.0476. The molecule has 3 heterocycles. The van der Waals surface area contributed by atoms with Crippen molar-refractivity contribution in [1.29, 1.82) is 0 Å². The van der Waals surface area contributed by atoms with E-state index in [0.717, 1.165) is 0 Å². The van der Waals surface area contributed by atoms with Crippen LogP contribution in [-0.4, -0.2) is 55.2 Å². The summed E-state index contributed by atoms with van der Waals surface area (Å²) in [6.45, 7) is 2.40. The van der Waals surface area contributed by atoms with Crippen LogP contribution in [0.4, 0.5) is 23.3 Å². The maximum Gasteiger partial charge on any atom is 0.232 e. The minimum absolute atomic E-state index is 0.0345. The van der Waals surface area contributed by atoms with E-state index in [9.17, 15) is 9.59 Å². The Morgan fingerprint density at radius 1 is 1.34 bits per heavy atom. The number of nitrogens with zero attached hydrogens (tertiary/aromatic N) is 3. The van der Waals surface area contributed by atoms with Crippen LogP contribution in [0.5, 0.6) is 5.75 Å². The van der Waals surface area contributed by atoms with E-state index in [0.29, 0.717) is 49.3 Å². The van der Waals surface area contributed by atoms with Crippen LogP contribution < -0.4 is 26.0 Å². The number of methoxy groups -OCH3 is 1. The van der Waals surface area contributed by atoms with E-state index in [4.69, 9.17) is 15.2 Å². The van der Waals surface area contributed by atoms with E-state index in [1.807, 2.05) is 4.90 Å². The Morgan fingerprint density at radius 3 is 2.90 bits per heavy atom. The van der Waals surface area contributed by atoms with Gasteiger partial charge >= 0.3 is 0 Å². The minimum atomic E-state index is -0.788. The summed E-state index contributed by atoms with van der Waals surface area (Å²) < 4.78 is 10.5. The number of fused-ring (bicyclic) bond motifs is 1. The van der Waals surface area contributed by atoms with Crippen molar-refractivity contribution in [2.45, 2.75) is 12.3 Å². The van der Waals surface area contributed by atoms with Crippen molar-refractivity contribution >= 4 is 35.1 Å². The molecular formula is C19H22N6O4. The molecule has 10 nitrogen and oxygen atoms in total. The van der Waals surface area contributed by atoms with E-state index in [2.05, 4.69) is 20.6 Å². The smallest absolute Gasteiger partial charge is 0.232 e. The summed E-state index contributed by atoms with van der Waals surface area (Å²) in [7, 11) is 1.55. The molecule has 4 rings (SSSR count). The first-order valence-electron chi connectivity index (χ1n) is 9.30. The van der Waals surface area contributed by atoms with Crippen LogP contribution in [0.1, 0.15) is 17.9 Å². The quantitative estimate of drug-likeness (QED) is 0.694. The molecule has 2 aliphatic heterocycles.